The number of carbonyl (C=O) groups excluding carboxylic acids is 1. The van der Waals surface area contributed by atoms with Crippen molar-refractivity contribution in [3.05, 3.63) is 40.7 Å². The van der Waals surface area contributed by atoms with E-state index in [1.807, 2.05) is 12.1 Å². The van der Waals surface area contributed by atoms with Crippen LogP contribution in [0.2, 0.25) is 0 Å². The molecular weight excluding hydrogens is 256 g/mol. The molecule has 1 aromatic heterocycles. The maximum absolute atomic E-state index is 12.0. The van der Waals surface area contributed by atoms with Crippen LogP contribution in [0.3, 0.4) is 0 Å². The Balaban J connectivity index is 2.27. The molecule has 2 rings (SSSR count). The third-order valence-electron chi connectivity index (χ3n) is 2.73. The van der Waals surface area contributed by atoms with Gasteiger partial charge in [-0.1, -0.05) is 0 Å². The van der Waals surface area contributed by atoms with Gasteiger partial charge in [-0.2, -0.15) is 15.6 Å². The number of hydrogen-bond donors (Lipinski definition) is 3. The summed E-state index contributed by atoms with van der Waals surface area (Å²) >= 11 is 0. The lowest BCUT2D eigenvalue weighted by Crippen LogP contribution is -2.14. The molecule has 4 N–H and O–H groups in total. The molecule has 1 amide bonds. The smallest absolute Gasteiger partial charge is 0.278 e. The Morgan fingerprint density at radius 1 is 1.35 bits per heavy atom. The van der Waals surface area contributed by atoms with Crippen LogP contribution in [0.1, 0.15) is 27.3 Å². The van der Waals surface area contributed by atoms with E-state index >= 15 is 0 Å². The normalized spacial score (nSPS) is 9.55. The Bertz CT molecular complexity index is 762. The van der Waals surface area contributed by atoms with Crippen LogP contribution in [0.25, 0.3) is 0 Å². The number of nitriles is 2. The summed E-state index contributed by atoms with van der Waals surface area (Å²) in [6.07, 6.45) is 0. The molecule has 0 aliphatic rings. The standard InChI is InChI=1S/C13H10N6O/c1-7-11(16)12(19-18-7)13(20)17-10-3-2-8(5-14)9(4-10)6-15/h2-4H,16H2,1H3,(H,17,20)(H,18,19). The summed E-state index contributed by atoms with van der Waals surface area (Å²) in [6, 6.07) is 8.22. The number of anilines is 2. The van der Waals surface area contributed by atoms with Crippen molar-refractivity contribution >= 4 is 17.3 Å². The van der Waals surface area contributed by atoms with Crippen LogP contribution in [0.15, 0.2) is 18.2 Å². The zero-order valence-electron chi connectivity index (χ0n) is 10.6. The topological polar surface area (TPSA) is 131 Å². The number of nitrogen functional groups attached to an aromatic ring is 1. The fourth-order valence-electron chi connectivity index (χ4n) is 1.61. The fraction of sp³-hybridized carbons (Fsp3) is 0.0769. The first-order valence-corrected chi connectivity index (χ1v) is 5.63. The van der Waals surface area contributed by atoms with E-state index in [0.29, 0.717) is 11.4 Å². The molecule has 0 radical (unpaired) electrons. The van der Waals surface area contributed by atoms with E-state index in [0.717, 1.165) is 0 Å². The highest BCUT2D eigenvalue weighted by atomic mass is 16.2. The number of amides is 1. The van der Waals surface area contributed by atoms with Crippen LogP contribution in [0.4, 0.5) is 11.4 Å². The van der Waals surface area contributed by atoms with Crippen molar-refractivity contribution in [2.24, 2.45) is 0 Å². The molecule has 0 unspecified atom stereocenters. The zero-order chi connectivity index (χ0) is 14.7. The molecule has 98 valence electrons. The summed E-state index contributed by atoms with van der Waals surface area (Å²) in [4.78, 5) is 12.0. The van der Waals surface area contributed by atoms with Gasteiger partial charge in [0.05, 0.1) is 22.5 Å². The summed E-state index contributed by atoms with van der Waals surface area (Å²) in [7, 11) is 0. The van der Waals surface area contributed by atoms with Gasteiger partial charge in [-0.15, -0.1) is 0 Å². The van der Waals surface area contributed by atoms with Crippen LogP contribution in [-0.2, 0) is 0 Å². The number of H-pyrrole nitrogens is 1. The first-order valence-electron chi connectivity index (χ1n) is 5.63. The fourth-order valence-corrected chi connectivity index (χ4v) is 1.61. The van der Waals surface area contributed by atoms with Gasteiger partial charge in [-0.3, -0.25) is 9.89 Å². The SMILES string of the molecule is Cc1[nH]nc(C(=O)Nc2ccc(C#N)c(C#N)c2)c1N. The van der Waals surface area contributed by atoms with Gasteiger partial charge < -0.3 is 11.1 Å². The third-order valence-corrected chi connectivity index (χ3v) is 2.73. The summed E-state index contributed by atoms with van der Waals surface area (Å²) < 4.78 is 0. The Hall–Kier alpha value is -3.32. The lowest BCUT2D eigenvalue weighted by Gasteiger charge is -2.05. The molecule has 0 fully saturated rings. The molecule has 0 aliphatic heterocycles. The number of benzene rings is 1. The van der Waals surface area contributed by atoms with Crippen molar-refractivity contribution in [3.63, 3.8) is 0 Å². The average molecular weight is 266 g/mol. The molecule has 0 atom stereocenters. The molecule has 20 heavy (non-hydrogen) atoms. The highest BCUT2D eigenvalue weighted by Gasteiger charge is 2.15. The summed E-state index contributed by atoms with van der Waals surface area (Å²) in [5.41, 5.74) is 7.51. The molecule has 0 saturated heterocycles. The number of aryl methyl sites for hydroxylation is 1. The van der Waals surface area contributed by atoms with E-state index in [-0.39, 0.29) is 22.5 Å². The number of nitrogens with two attached hydrogens (primary N) is 1. The Morgan fingerprint density at radius 2 is 2.05 bits per heavy atom. The summed E-state index contributed by atoms with van der Waals surface area (Å²) in [6.45, 7) is 1.70. The third kappa shape index (κ3) is 2.28. The van der Waals surface area contributed by atoms with E-state index in [4.69, 9.17) is 16.3 Å². The van der Waals surface area contributed by atoms with Gasteiger partial charge >= 0.3 is 0 Å². The molecule has 0 spiro atoms. The number of aromatic amines is 1. The molecular formula is C13H10N6O. The van der Waals surface area contributed by atoms with Gasteiger partial charge in [0.25, 0.3) is 5.91 Å². The van der Waals surface area contributed by atoms with E-state index in [9.17, 15) is 4.79 Å². The largest absolute Gasteiger partial charge is 0.395 e. The first-order chi connectivity index (χ1) is 9.56. The van der Waals surface area contributed by atoms with Crippen molar-refractivity contribution in [1.29, 1.82) is 10.5 Å². The highest BCUT2D eigenvalue weighted by Crippen LogP contribution is 2.18. The molecule has 7 heteroatoms. The number of carbonyl (C=O) groups is 1. The van der Waals surface area contributed by atoms with Gasteiger partial charge in [-0.25, -0.2) is 0 Å². The maximum atomic E-state index is 12.0. The van der Waals surface area contributed by atoms with Gasteiger partial charge in [0.1, 0.15) is 12.1 Å². The van der Waals surface area contributed by atoms with E-state index in [2.05, 4.69) is 15.5 Å². The Morgan fingerprint density at radius 3 is 2.60 bits per heavy atom. The van der Waals surface area contributed by atoms with Gasteiger partial charge in [0, 0.05) is 5.69 Å². The summed E-state index contributed by atoms with van der Waals surface area (Å²) in [5.74, 6) is -0.486. The number of aromatic nitrogens is 2. The zero-order valence-corrected chi connectivity index (χ0v) is 10.6. The van der Waals surface area contributed by atoms with Crippen LogP contribution in [0.5, 0.6) is 0 Å². The lowest BCUT2D eigenvalue weighted by molar-refractivity contribution is 0.102. The Labute approximate surface area is 114 Å². The van der Waals surface area contributed by atoms with Crippen LogP contribution < -0.4 is 11.1 Å². The molecule has 0 aliphatic carbocycles. The van der Waals surface area contributed by atoms with E-state index in [1.165, 1.54) is 18.2 Å². The van der Waals surface area contributed by atoms with Crippen LogP contribution in [0, 0.1) is 29.6 Å². The number of nitrogens with one attached hydrogen (secondary N) is 2. The first kappa shape index (κ1) is 13.1. The second-order valence-corrected chi connectivity index (χ2v) is 4.05. The Kier molecular flexibility index (Phi) is 3.36. The molecule has 0 saturated carbocycles. The predicted octanol–water partition coefficient (Wildman–Crippen LogP) is 1.30. The molecule has 1 heterocycles. The maximum Gasteiger partial charge on any atom is 0.278 e. The monoisotopic (exact) mass is 266 g/mol. The van der Waals surface area contributed by atoms with Crippen molar-refractivity contribution in [2.45, 2.75) is 6.92 Å². The minimum Gasteiger partial charge on any atom is -0.395 e. The molecule has 0 bridgehead atoms. The average Bonchev–Trinajstić information content (AvgIpc) is 2.79. The number of hydrogen-bond acceptors (Lipinski definition) is 5. The van der Waals surface area contributed by atoms with E-state index in [1.54, 1.807) is 6.92 Å². The van der Waals surface area contributed by atoms with Gasteiger partial charge in [0.15, 0.2) is 5.69 Å². The number of rotatable bonds is 2. The lowest BCUT2D eigenvalue weighted by atomic mass is 10.1. The quantitative estimate of drug-likeness (QED) is 0.753. The second kappa shape index (κ2) is 5.12. The molecule has 7 nitrogen and oxygen atoms in total. The van der Waals surface area contributed by atoms with Gasteiger partial charge in [-0.05, 0) is 25.1 Å². The van der Waals surface area contributed by atoms with Crippen LogP contribution in [-0.4, -0.2) is 16.1 Å². The predicted molar refractivity (Wildman–Crippen MR) is 71.6 cm³/mol. The van der Waals surface area contributed by atoms with E-state index < -0.39 is 5.91 Å². The van der Waals surface area contributed by atoms with Crippen molar-refractivity contribution in [2.75, 3.05) is 11.1 Å². The second-order valence-electron chi connectivity index (χ2n) is 4.05. The highest BCUT2D eigenvalue weighted by molar-refractivity contribution is 6.06. The number of nitrogens with zero attached hydrogens (tertiary/aromatic N) is 3. The van der Waals surface area contributed by atoms with Gasteiger partial charge in [0.2, 0.25) is 0 Å². The van der Waals surface area contributed by atoms with Crippen molar-refractivity contribution in [1.82, 2.24) is 10.2 Å². The minimum absolute atomic E-state index is 0.0883. The van der Waals surface area contributed by atoms with Crippen molar-refractivity contribution < 1.29 is 4.79 Å². The molecule has 2 aromatic rings. The van der Waals surface area contributed by atoms with Crippen molar-refractivity contribution in [3.8, 4) is 12.1 Å². The minimum atomic E-state index is -0.486. The molecule has 1 aromatic carbocycles. The summed E-state index contributed by atoms with van der Waals surface area (Å²) in [5, 5.41) is 26.7. The van der Waals surface area contributed by atoms with Crippen LogP contribution >= 0.6 is 0 Å².